The van der Waals surface area contributed by atoms with Gasteiger partial charge in [0.05, 0.1) is 12.1 Å². The van der Waals surface area contributed by atoms with E-state index in [1.807, 2.05) is 45.0 Å². The summed E-state index contributed by atoms with van der Waals surface area (Å²) in [6.07, 6.45) is 1.38. The summed E-state index contributed by atoms with van der Waals surface area (Å²) in [5.41, 5.74) is 0.408. The normalized spacial score (nSPS) is 16.3. The number of hydrogen-bond acceptors (Lipinski definition) is 6. The monoisotopic (exact) mass is 436 g/mol. The Balaban J connectivity index is 1.49. The standard InChI is InChI=1S/C19H25BrN4O3/c1-19(2,3)27-18(25)21-13-8-10-24(11-9-13)12-16-22-23-17(26-16)14-6-4-5-7-15(14)20/h4-7,13H,8-12H2,1-3H3,(H,21,25). The molecule has 8 heteroatoms. The van der Waals surface area contributed by atoms with Gasteiger partial charge < -0.3 is 14.5 Å². The molecule has 1 aromatic heterocycles. The topological polar surface area (TPSA) is 80.5 Å². The van der Waals surface area contributed by atoms with Crippen LogP contribution in [0.2, 0.25) is 0 Å². The molecule has 0 bridgehead atoms. The lowest BCUT2D eigenvalue weighted by atomic mass is 10.1. The van der Waals surface area contributed by atoms with Gasteiger partial charge in [-0.3, -0.25) is 4.90 Å². The van der Waals surface area contributed by atoms with E-state index in [0.717, 1.165) is 36.0 Å². The van der Waals surface area contributed by atoms with Crippen LogP contribution in [-0.4, -0.2) is 45.9 Å². The summed E-state index contributed by atoms with van der Waals surface area (Å²) in [5, 5.41) is 11.3. The van der Waals surface area contributed by atoms with Gasteiger partial charge in [-0.2, -0.15) is 0 Å². The Morgan fingerprint density at radius 2 is 2.00 bits per heavy atom. The summed E-state index contributed by atoms with van der Waals surface area (Å²) in [5.74, 6) is 1.11. The van der Waals surface area contributed by atoms with Crippen LogP contribution in [0.3, 0.4) is 0 Å². The zero-order valence-corrected chi connectivity index (χ0v) is 17.5. The molecule has 0 saturated carbocycles. The van der Waals surface area contributed by atoms with Crippen LogP contribution < -0.4 is 5.32 Å². The van der Waals surface area contributed by atoms with Gasteiger partial charge in [-0.25, -0.2) is 4.79 Å². The molecule has 0 radical (unpaired) electrons. The maximum Gasteiger partial charge on any atom is 0.407 e. The van der Waals surface area contributed by atoms with Gasteiger partial charge in [0, 0.05) is 23.6 Å². The number of aromatic nitrogens is 2. The minimum atomic E-state index is -0.478. The molecule has 1 aromatic carbocycles. The van der Waals surface area contributed by atoms with Crippen LogP contribution in [0, 0.1) is 0 Å². The van der Waals surface area contributed by atoms with Crippen LogP contribution in [0.25, 0.3) is 11.5 Å². The highest BCUT2D eigenvalue weighted by Crippen LogP contribution is 2.27. The van der Waals surface area contributed by atoms with Gasteiger partial charge in [-0.1, -0.05) is 12.1 Å². The van der Waals surface area contributed by atoms with Crippen molar-refractivity contribution in [2.24, 2.45) is 0 Å². The number of nitrogens with zero attached hydrogens (tertiary/aromatic N) is 3. The number of amides is 1. The third-order valence-electron chi connectivity index (χ3n) is 4.24. The van der Waals surface area contributed by atoms with E-state index >= 15 is 0 Å². The smallest absolute Gasteiger partial charge is 0.407 e. The van der Waals surface area contributed by atoms with Gasteiger partial charge in [0.15, 0.2) is 0 Å². The minimum Gasteiger partial charge on any atom is -0.444 e. The molecule has 0 aliphatic carbocycles. The molecule has 1 aliphatic heterocycles. The van der Waals surface area contributed by atoms with E-state index in [0.29, 0.717) is 18.3 Å². The Labute approximate surface area is 167 Å². The van der Waals surface area contributed by atoms with Gasteiger partial charge in [0.25, 0.3) is 0 Å². The average Bonchev–Trinajstić information content (AvgIpc) is 3.03. The van der Waals surface area contributed by atoms with Crippen LogP contribution in [0.4, 0.5) is 4.79 Å². The molecular formula is C19H25BrN4O3. The van der Waals surface area contributed by atoms with Crippen molar-refractivity contribution in [1.82, 2.24) is 20.4 Å². The molecule has 146 valence electrons. The Hall–Kier alpha value is -1.93. The molecule has 1 fully saturated rings. The van der Waals surface area contributed by atoms with Gasteiger partial charge in [0.1, 0.15) is 5.60 Å². The van der Waals surface area contributed by atoms with E-state index in [9.17, 15) is 4.79 Å². The maximum atomic E-state index is 11.9. The maximum absolute atomic E-state index is 11.9. The molecule has 1 N–H and O–H groups in total. The summed E-state index contributed by atoms with van der Waals surface area (Å²) in [6.45, 7) is 7.91. The summed E-state index contributed by atoms with van der Waals surface area (Å²) in [4.78, 5) is 14.1. The molecule has 27 heavy (non-hydrogen) atoms. The second kappa shape index (κ2) is 8.39. The first-order chi connectivity index (χ1) is 12.8. The van der Waals surface area contributed by atoms with E-state index in [-0.39, 0.29) is 12.1 Å². The lowest BCUT2D eigenvalue weighted by molar-refractivity contribution is 0.0475. The van der Waals surface area contributed by atoms with Crippen LogP contribution in [0.15, 0.2) is 33.2 Å². The van der Waals surface area contributed by atoms with Gasteiger partial charge >= 0.3 is 6.09 Å². The van der Waals surface area contributed by atoms with E-state index in [1.54, 1.807) is 0 Å². The van der Waals surface area contributed by atoms with Crippen LogP contribution in [0.5, 0.6) is 0 Å². The van der Waals surface area contributed by atoms with Crippen molar-refractivity contribution in [2.75, 3.05) is 13.1 Å². The van der Waals surface area contributed by atoms with Crippen molar-refractivity contribution < 1.29 is 13.9 Å². The van der Waals surface area contributed by atoms with Crippen molar-refractivity contribution in [2.45, 2.75) is 51.8 Å². The molecule has 2 heterocycles. The summed E-state index contributed by atoms with van der Waals surface area (Å²) in [6, 6.07) is 7.90. The van der Waals surface area contributed by atoms with Gasteiger partial charge in [0.2, 0.25) is 11.8 Å². The van der Waals surface area contributed by atoms with Gasteiger partial charge in [-0.05, 0) is 61.7 Å². The fourth-order valence-electron chi connectivity index (χ4n) is 2.96. The number of hydrogen-bond donors (Lipinski definition) is 1. The lowest BCUT2D eigenvalue weighted by Gasteiger charge is -2.31. The number of benzene rings is 1. The highest BCUT2D eigenvalue weighted by atomic mass is 79.9. The molecule has 3 rings (SSSR count). The number of halogens is 1. The number of alkyl carbamates (subject to hydrolysis) is 1. The number of likely N-dealkylation sites (tertiary alicyclic amines) is 1. The Bertz CT molecular complexity index is 779. The molecular weight excluding hydrogens is 412 g/mol. The van der Waals surface area contributed by atoms with Crippen LogP contribution in [-0.2, 0) is 11.3 Å². The van der Waals surface area contributed by atoms with E-state index in [1.165, 1.54) is 0 Å². The summed E-state index contributed by atoms with van der Waals surface area (Å²) < 4.78 is 12.1. The fourth-order valence-corrected chi connectivity index (χ4v) is 3.42. The molecule has 1 amide bonds. The molecule has 1 aliphatic rings. The summed E-state index contributed by atoms with van der Waals surface area (Å²) in [7, 11) is 0. The fraction of sp³-hybridized carbons (Fsp3) is 0.526. The number of carbonyl (C=O) groups is 1. The van der Waals surface area contributed by atoms with Crippen molar-refractivity contribution in [3.8, 4) is 11.5 Å². The predicted octanol–water partition coefficient (Wildman–Crippen LogP) is 3.99. The average molecular weight is 437 g/mol. The number of piperidine rings is 1. The first-order valence-electron chi connectivity index (χ1n) is 9.09. The van der Waals surface area contributed by atoms with Crippen LogP contribution >= 0.6 is 15.9 Å². The first kappa shape index (κ1) is 19.8. The molecule has 1 saturated heterocycles. The number of rotatable bonds is 4. The minimum absolute atomic E-state index is 0.134. The number of carbonyl (C=O) groups excluding carboxylic acids is 1. The highest BCUT2D eigenvalue weighted by molar-refractivity contribution is 9.10. The third kappa shape index (κ3) is 5.77. The van der Waals surface area contributed by atoms with E-state index < -0.39 is 5.60 Å². The number of ether oxygens (including phenoxy) is 1. The third-order valence-corrected chi connectivity index (χ3v) is 4.93. The highest BCUT2D eigenvalue weighted by Gasteiger charge is 2.24. The molecule has 2 aromatic rings. The van der Waals surface area contributed by atoms with Crippen molar-refractivity contribution >= 4 is 22.0 Å². The first-order valence-corrected chi connectivity index (χ1v) is 9.88. The second-order valence-electron chi connectivity index (χ2n) is 7.68. The molecule has 7 nitrogen and oxygen atoms in total. The second-order valence-corrected chi connectivity index (χ2v) is 8.53. The van der Waals surface area contributed by atoms with E-state index in [4.69, 9.17) is 9.15 Å². The molecule has 0 spiro atoms. The summed E-state index contributed by atoms with van der Waals surface area (Å²) >= 11 is 3.50. The Kier molecular flexibility index (Phi) is 6.16. The van der Waals surface area contributed by atoms with Gasteiger partial charge in [-0.15, -0.1) is 10.2 Å². The quantitative estimate of drug-likeness (QED) is 0.779. The van der Waals surface area contributed by atoms with Crippen molar-refractivity contribution in [3.05, 3.63) is 34.6 Å². The molecule has 0 unspecified atom stereocenters. The lowest BCUT2D eigenvalue weighted by Crippen LogP contribution is -2.45. The predicted molar refractivity (Wildman–Crippen MR) is 105 cm³/mol. The van der Waals surface area contributed by atoms with Crippen molar-refractivity contribution in [3.63, 3.8) is 0 Å². The number of nitrogens with one attached hydrogen (secondary N) is 1. The van der Waals surface area contributed by atoms with Crippen molar-refractivity contribution in [1.29, 1.82) is 0 Å². The largest absolute Gasteiger partial charge is 0.444 e. The Morgan fingerprint density at radius 3 is 2.67 bits per heavy atom. The Morgan fingerprint density at radius 1 is 1.30 bits per heavy atom. The SMILES string of the molecule is CC(C)(C)OC(=O)NC1CCN(Cc2nnc(-c3ccccc3Br)o2)CC1. The van der Waals surface area contributed by atoms with E-state index in [2.05, 4.69) is 36.3 Å². The van der Waals surface area contributed by atoms with Crippen LogP contribution in [0.1, 0.15) is 39.5 Å². The zero-order chi connectivity index (χ0) is 19.4. The molecule has 0 atom stereocenters. The zero-order valence-electron chi connectivity index (χ0n) is 15.9.